The van der Waals surface area contributed by atoms with Crippen LogP contribution in [0.3, 0.4) is 0 Å². The first-order valence-corrected chi connectivity index (χ1v) is 7.44. The summed E-state index contributed by atoms with van der Waals surface area (Å²) in [6.07, 6.45) is 1.09. The van der Waals surface area contributed by atoms with Gasteiger partial charge in [-0.15, -0.1) is 0 Å². The second-order valence-electron chi connectivity index (χ2n) is 6.27. The summed E-state index contributed by atoms with van der Waals surface area (Å²) in [6.45, 7) is 7.01. The fourth-order valence-electron chi connectivity index (χ4n) is 3.02. The van der Waals surface area contributed by atoms with Crippen LogP contribution in [0.15, 0.2) is 4.99 Å². The van der Waals surface area contributed by atoms with Gasteiger partial charge in [0, 0.05) is 14.1 Å². The second kappa shape index (κ2) is 4.82. The number of likely N-dealkylation sites (N-methyl/N-ethyl adjacent to an activating group) is 2. The van der Waals surface area contributed by atoms with Gasteiger partial charge in [0.05, 0.1) is 19.6 Å². The molecule has 0 bridgehead atoms. The molecule has 1 unspecified atom stereocenters. The summed E-state index contributed by atoms with van der Waals surface area (Å²) in [5, 5.41) is 0. The minimum absolute atomic E-state index is 0.183. The Hall–Kier alpha value is -1.92. The average molecular weight is 292 g/mol. The molecule has 0 aromatic heterocycles. The summed E-state index contributed by atoms with van der Waals surface area (Å²) in [5.41, 5.74) is 0. The van der Waals surface area contributed by atoms with Crippen molar-refractivity contribution in [3.8, 4) is 0 Å². The highest BCUT2D eigenvalue weighted by molar-refractivity contribution is 6.25. The highest BCUT2D eigenvalue weighted by Gasteiger charge is 2.56. The number of amidine groups is 1. The molecule has 0 aromatic carbocycles. The Balaban J connectivity index is 1.93. The monoisotopic (exact) mass is 292 g/mol. The van der Waals surface area contributed by atoms with E-state index in [1.165, 1.54) is 16.8 Å². The number of carbonyl (C=O) groups is 2. The van der Waals surface area contributed by atoms with Crippen molar-refractivity contribution in [2.75, 3.05) is 33.7 Å². The average Bonchev–Trinajstić information content (AvgIpc) is 2.99. The van der Waals surface area contributed by atoms with E-state index in [9.17, 15) is 9.59 Å². The zero-order valence-electron chi connectivity index (χ0n) is 13.0. The molecule has 7 heteroatoms. The van der Waals surface area contributed by atoms with Crippen LogP contribution in [0.2, 0.25) is 0 Å². The summed E-state index contributed by atoms with van der Waals surface area (Å²) < 4.78 is 2.22. The van der Waals surface area contributed by atoms with Crippen molar-refractivity contribution in [3.05, 3.63) is 0 Å². The molecule has 3 aliphatic rings. The van der Waals surface area contributed by atoms with Crippen molar-refractivity contribution in [2.45, 2.75) is 26.3 Å². The molecule has 7 nitrogen and oxygen atoms in total. The fraction of sp³-hybridized carbons (Fsp3) is 0.714. The van der Waals surface area contributed by atoms with E-state index in [0.717, 1.165) is 32.0 Å². The second-order valence-corrected chi connectivity index (χ2v) is 6.27. The minimum Gasteiger partial charge on any atom is -0.270 e. The molecule has 114 valence electrons. The van der Waals surface area contributed by atoms with Gasteiger partial charge in [-0.25, -0.2) is 9.69 Å². The molecule has 0 aromatic rings. The Morgan fingerprint density at radius 3 is 2.67 bits per heavy atom. The summed E-state index contributed by atoms with van der Waals surface area (Å²) in [4.78, 5) is 33.7. The molecule has 3 rings (SSSR count). The van der Waals surface area contributed by atoms with Crippen LogP contribution in [0.1, 0.15) is 20.3 Å². The summed E-state index contributed by atoms with van der Waals surface area (Å²) in [6, 6.07) is -0.748. The molecular formula is C14H22N5O2+. The van der Waals surface area contributed by atoms with Gasteiger partial charge in [-0.05, 0) is 12.3 Å². The first kappa shape index (κ1) is 14.0. The van der Waals surface area contributed by atoms with Gasteiger partial charge in [-0.1, -0.05) is 18.8 Å². The lowest BCUT2D eigenvalue weighted by Crippen LogP contribution is -2.62. The van der Waals surface area contributed by atoms with Crippen LogP contribution in [0, 0.1) is 5.92 Å². The van der Waals surface area contributed by atoms with Gasteiger partial charge in [-0.2, -0.15) is 0 Å². The highest BCUT2D eigenvalue weighted by atomic mass is 16.2. The fourth-order valence-corrected chi connectivity index (χ4v) is 3.02. The SMILES string of the molecule is CC(C)CC[N+]1=C2N=C3C(C(=O)N(C)C(=O)N3C)N2CC1. The smallest absolute Gasteiger partial charge is 0.270 e. The predicted molar refractivity (Wildman–Crippen MR) is 78.3 cm³/mol. The van der Waals surface area contributed by atoms with Gasteiger partial charge < -0.3 is 0 Å². The number of fused-ring (bicyclic) bond motifs is 3. The molecule has 21 heavy (non-hydrogen) atoms. The molecule has 0 saturated carbocycles. The van der Waals surface area contributed by atoms with Crippen molar-refractivity contribution >= 4 is 23.7 Å². The van der Waals surface area contributed by atoms with E-state index in [-0.39, 0.29) is 11.9 Å². The van der Waals surface area contributed by atoms with Gasteiger partial charge in [0.2, 0.25) is 11.9 Å². The molecule has 3 aliphatic heterocycles. The number of carbonyl (C=O) groups excluding carboxylic acids is 2. The maximum atomic E-state index is 12.4. The number of hydrogen-bond acceptors (Lipinski definition) is 4. The maximum absolute atomic E-state index is 12.4. The van der Waals surface area contributed by atoms with E-state index < -0.39 is 6.04 Å². The maximum Gasteiger partial charge on any atom is 0.392 e. The lowest BCUT2D eigenvalue weighted by atomic mass is 10.1. The van der Waals surface area contributed by atoms with Crippen LogP contribution < -0.4 is 0 Å². The van der Waals surface area contributed by atoms with Gasteiger partial charge in [0.25, 0.3) is 5.91 Å². The minimum atomic E-state index is -0.434. The Bertz CT molecular complexity index is 566. The molecule has 1 fully saturated rings. The zero-order valence-corrected chi connectivity index (χ0v) is 13.0. The van der Waals surface area contributed by atoms with Crippen LogP contribution in [0.4, 0.5) is 4.79 Å². The van der Waals surface area contributed by atoms with E-state index >= 15 is 0 Å². The molecule has 1 atom stereocenters. The largest absolute Gasteiger partial charge is 0.392 e. The Kier molecular flexibility index (Phi) is 3.22. The third-order valence-corrected chi connectivity index (χ3v) is 4.38. The van der Waals surface area contributed by atoms with E-state index in [0.29, 0.717) is 11.8 Å². The van der Waals surface area contributed by atoms with Crippen molar-refractivity contribution in [1.82, 2.24) is 14.7 Å². The molecule has 0 N–H and O–H groups in total. The number of guanidine groups is 1. The summed E-state index contributed by atoms with van der Waals surface area (Å²) >= 11 is 0. The summed E-state index contributed by atoms with van der Waals surface area (Å²) in [5.74, 6) is 1.86. The Labute approximate surface area is 124 Å². The number of aliphatic imine (C=N–C) groups is 1. The first-order valence-electron chi connectivity index (χ1n) is 7.44. The molecule has 3 heterocycles. The predicted octanol–water partition coefficient (Wildman–Crippen LogP) is 0.0211. The number of hydrogen-bond donors (Lipinski definition) is 0. The van der Waals surface area contributed by atoms with Crippen LogP contribution in [-0.4, -0.2) is 82.8 Å². The zero-order chi connectivity index (χ0) is 15.3. The third kappa shape index (κ3) is 2.02. The standard InChI is InChI=1S/C14H22N5O2/c1-9(2)5-6-18-7-8-19-10-11(15-13(18)19)16(3)14(21)17(4)12(10)20/h9-10H,5-8H2,1-4H3/q+1. The van der Waals surface area contributed by atoms with Gasteiger partial charge in [0.1, 0.15) is 0 Å². The van der Waals surface area contributed by atoms with Gasteiger partial charge >= 0.3 is 12.0 Å². The lowest BCUT2D eigenvalue weighted by Gasteiger charge is -2.32. The van der Waals surface area contributed by atoms with E-state index in [1.807, 2.05) is 4.90 Å². The summed E-state index contributed by atoms with van der Waals surface area (Å²) in [7, 11) is 3.21. The molecule has 0 radical (unpaired) electrons. The van der Waals surface area contributed by atoms with Crippen molar-refractivity contribution < 1.29 is 14.2 Å². The molecule has 1 saturated heterocycles. The first-order chi connectivity index (χ1) is 9.91. The van der Waals surface area contributed by atoms with Crippen LogP contribution >= 0.6 is 0 Å². The Morgan fingerprint density at radius 1 is 1.29 bits per heavy atom. The van der Waals surface area contributed by atoms with Crippen LogP contribution in [0.5, 0.6) is 0 Å². The van der Waals surface area contributed by atoms with E-state index in [4.69, 9.17) is 0 Å². The van der Waals surface area contributed by atoms with Crippen molar-refractivity contribution in [2.24, 2.45) is 10.9 Å². The quantitative estimate of drug-likeness (QED) is 0.689. The number of imide groups is 1. The number of urea groups is 1. The highest BCUT2D eigenvalue weighted by Crippen LogP contribution is 2.24. The lowest BCUT2D eigenvalue weighted by molar-refractivity contribution is -0.520. The molecule has 0 aliphatic carbocycles. The normalized spacial score (nSPS) is 25.1. The number of amides is 3. The molecule has 3 amide bonds. The van der Waals surface area contributed by atoms with Gasteiger partial charge in [-0.3, -0.25) is 19.2 Å². The van der Waals surface area contributed by atoms with E-state index in [1.54, 1.807) is 7.05 Å². The van der Waals surface area contributed by atoms with E-state index in [2.05, 4.69) is 23.4 Å². The molecule has 0 spiro atoms. The number of nitrogens with zero attached hydrogens (tertiary/aromatic N) is 5. The molecular weight excluding hydrogens is 270 g/mol. The number of rotatable bonds is 3. The topological polar surface area (TPSA) is 59.2 Å². The van der Waals surface area contributed by atoms with Crippen molar-refractivity contribution in [1.29, 1.82) is 0 Å². The van der Waals surface area contributed by atoms with Gasteiger partial charge in [0.15, 0.2) is 0 Å². The van der Waals surface area contributed by atoms with Crippen LogP contribution in [-0.2, 0) is 4.79 Å². The van der Waals surface area contributed by atoms with Crippen LogP contribution in [0.25, 0.3) is 0 Å². The third-order valence-electron chi connectivity index (χ3n) is 4.38. The van der Waals surface area contributed by atoms with Crippen molar-refractivity contribution in [3.63, 3.8) is 0 Å². The Morgan fingerprint density at radius 2 is 2.00 bits per heavy atom.